The summed E-state index contributed by atoms with van der Waals surface area (Å²) < 4.78 is 29.5. The van der Waals surface area contributed by atoms with Gasteiger partial charge in [0.15, 0.2) is 0 Å². The van der Waals surface area contributed by atoms with E-state index in [4.69, 9.17) is 23.2 Å². The van der Waals surface area contributed by atoms with E-state index in [9.17, 15) is 18.0 Å². The molecule has 1 atom stereocenters. The smallest absolute Gasteiger partial charge is 0.264 e. The maximum absolute atomic E-state index is 14.7. The molecular weight excluding hydrogens is 653 g/mol. The molecule has 7 nitrogen and oxygen atoms in total. The Labute approximate surface area is 287 Å². The number of carbonyl (C=O) groups excluding carboxylic acids is 2. The van der Waals surface area contributed by atoms with E-state index in [-0.39, 0.29) is 29.8 Å². The van der Waals surface area contributed by atoms with E-state index in [1.807, 2.05) is 36.4 Å². The lowest BCUT2D eigenvalue weighted by Gasteiger charge is -2.35. The quantitative estimate of drug-likeness (QED) is 0.166. The second-order valence-corrected chi connectivity index (χ2v) is 14.7. The van der Waals surface area contributed by atoms with Crippen LogP contribution in [0, 0.1) is 6.92 Å². The zero-order valence-corrected chi connectivity index (χ0v) is 28.6. The number of sulfonamides is 1. The van der Waals surface area contributed by atoms with Crippen molar-refractivity contribution in [1.82, 2.24) is 10.2 Å². The highest BCUT2D eigenvalue weighted by Gasteiger charge is 2.35. The van der Waals surface area contributed by atoms with Crippen molar-refractivity contribution in [2.75, 3.05) is 10.8 Å². The molecule has 1 unspecified atom stereocenters. The minimum Gasteiger partial charge on any atom is -0.352 e. The van der Waals surface area contributed by atoms with Crippen LogP contribution in [-0.2, 0) is 32.6 Å². The molecule has 1 aliphatic rings. The van der Waals surface area contributed by atoms with Gasteiger partial charge in [-0.1, -0.05) is 103 Å². The summed E-state index contributed by atoms with van der Waals surface area (Å²) in [7, 11) is -4.20. The van der Waals surface area contributed by atoms with Crippen molar-refractivity contribution in [3.63, 3.8) is 0 Å². The summed E-state index contributed by atoms with van der Waals surface area (Å²) in [4.78, 5) is 30.4. The van der Waals surface area contributed by atoms with Crippen LogP contribution in [0.4, 0.5) is 5.69 Å². The summed E-state index contributed by atoms with van der Waals surface area (Å²) in [6, 6.07) is 28.6. The number of amides is 2. The van der Waals surface area contributed by atoms with Crippen LogP contribution < -0.4 is 9.62 Å². The first kappa shape index (κ1) is 34.5. The van der Waals surface area contributed by atoms with Gasteiger partial charge in [-0.2, -0.15) is 0 Å². The molecule has 1 N–H and O–H groups in total. The molecule has 1 fully saturated rings. The van der Waals surface area contributed by atoms with Crippen LogP contribution in [0.1, 0.15) is 48.8 Å². The maximum atomic E-state index is 14.7. The molecule has 5 rings (SSSR count). The molecule has 1 saturated carbocycles. The van der Waals surface area contributed by atoms with E-state index >= 15 is 0 Å². The van der Waals surface area contributed by atoms with E-state index in [1.165, 1.54) is 17.0 Å². The number of hydrogen-bond acceptors (Lipinski definition) is 4. The van der Waals surface area contributed by atoms with Crippen LogP contribution in [0.5, 0.6) is 0 Å². The molecule has 0 heterocycles. The van der Waals surface area contributed by atoms with Crippen molar-refractivity contribution >= 4 is 50.7 Å². The molecule has 2 amide bonds. The fourth-order valence-electron chi connectivity index (χ4n) is 6.06. The standard InChI is InChI=1S/C37H39Cl2N3O4S/c1-27-22-31(39)20-21-34(27)42(47(45,46)33-18-9-4-10-19-33)26-36(43)41(25-29-14-11-15-30(38)23-29)35(24-28-12-5-2-6-13-28)37(44)40-32-16-7-3-8-17-32/h2,4-6,9-15,18-23,32,35H,3,7-8,16-17,24-26H2,1H3,(H,40,44). The van der Waals surface area contributed by atoms with E-state index < -0.39 is 28.5 Å². The summed E-state index contributed by atoms with van der Waals surface area (Å²) in [5.41, 5.74) is 2.50. The molecule has 246 valence electrons. The lowest BCUT2D eigenvalue weighted by molar-refractivity contribution is -0.140. The maximum Gasteiger partial charge on any atom is 0.264 e. The molecule has 1 aliphatic carbocycles. The third kappa shape index (κ3) is 8.95. The SMILES string of the molecule is Cc1cc(Cl)ccc1N(CC(=O)N(Cc1cccc(Cl)c1)C(Cc1ccccc1)C(=O)NC1CCCCC1)S(=O)(=O)c1ccccc1. The lowest BCUT2D eigenvalue weighted by atomic mass is 9.94. The third-order valence-electron chi connectivity index (χ3n) is 8.50. The van der Waals surface area contributed by atoms with E-state index in [0.717, 1.165) is 47.5 Å². The van der Waals surface area contributed by atoms with E-state index in [1.54, 1.807) is 61.5 Å². The molecule has 0 aromatic heterocycles. The predicted octanol–water partition coefficient (Wildman–Crippen LogP) is 7.59. The number of hydrogen-bond donors (Lipinski definition) is 1. The minimum atomic E-state index is -4.20. The van der Waals surface area contributed by atoms with Crippen molar-refractivity contribution in [1.29, 1.82) is 0 Å². The molecule has 47 heavy (non-hydrogen) atoms. The molecule has 0 radical (unpaired) electrons. The highest BCUT2D eigenvalue weighted by atomic mass is 35.5. The van der Waals surface area contributed by atoms with Gasteiger partial charge < -0.3 is 10.2 Å². The number of benzene rings is 4. The predicted molar refractivity (Wildman–Crippen MR) is 188 cm³/mol. The summed E-state index contributed by atoms with van der Waals surface area (Å²) in [5.74, 6) is -0.796. The fraction of sp³-hybridized carbons (Fsp3) is 0.297. The number of carbonyl (C=O) groups is 2. The number of rotatable bonds is 12. The molecule has 10 heteroatoms. The molecule has 4 aromatic rings. The van der Waals surface area contributed by atoms with Crippen molar-refractivity contribution in [2.45, 2.75) is 69.0 Å². The number of halogens is 2. The zero-order chi connectivity index (χ0) is 33.4. The molecule has 0 bridgehead atoms. The number of nitrogens with zero attached hydrogens (tertiary/aromatic N) is 2. The first-order valence-electron chi connectivity index (χ1n) is 15.8. The van der Waals surface area contributed by atoms with Gasteiger partial charge in [0.2, 0.25) is 11.8 Å². The largest absolute Gasteiger partial charge is 0.352 e. The molecule has 0 aliphatic heterocycles. The van der Waals surface area contributed by atoms with Crippen molar-refractivity contribution in [3.8, 4) is 0 Å². The number of nitrogens with one attached hydrogen (secondary N) is 1. The number of anilines is 1. The van der Waals surface area contributed by atoms with E-state index in [0.29, 0.717) is 21.3 Å². The highest BCUT2D eigenvalue weighted by Crippen LogP contribution is 2.30. The topological polar surface area (TPSA) is 86.8 Å². The van der Waals surface area contributed by atoms with Crippen LogP contribution >= 0.6 is 23.2 Å². The molecule has 0 saturated heterocycles. The Balaban J connectivity index is 1.58. The fourth-order valence-corrected chi connectivity index (χ4v) is 8.00. The van der Waals surface area contributed by atoms with Crippen LogP contribution in [0.3, 0.4) is 0 Å². The third-order valence-corrected chi connectivity index (χ3v) is 10.7. The Hall–Kier alpha value is -3.85. The van der Waals surface area contributed by atoms with Crippen LogP contribution in [0.15, 0.2) is 108 Å². The van der Waals surface area contributed by atoms with Gasteiger partial charge in [0.25, 0.3) is 10.0 Å². The highest BCUT2D eigenvalue weighted by molar-refractivity contribution is 7.92. The Bertz CT molecular complexity index is 1780. The number of aryl methyl sites for hydroxylation is 1. The van der Waals surface area contributed by atoms with Crippen molar-refractivity contribution < 1.29 is 18.0 Å². The first-order chi connectivity index (χ1) is 22.6. The molecule has 4 aromatic carbocycles. The van der Waals surface area contributed by atoms with E-state index in [2.05, 4.69) is 5.32 Å². The average molecular weight is 693 g/mol. The minimum absolute atomic E-state index is 0.0179. The van der Waals surface area contributed by atoms with Crippen molar-refractivity contribution in [3.05, 3.63) is 130 Å². The van der Waals surface area contributed by atoms with Gasteiger partial charge in [-0.15, -0.1) is 0 Å². The van der Waals surface area contributed by atoms with Crippen LogP contribution in [0.2, 0.25) is 10.0 Å². The zero-order valence-electron chi connectivity index (χ0n) is 26.3. The lowest BCUT2D eigenvalue weighted by Crippen LogP contribution is -2.55. The van der Waals surface area contributed by atoms with Gasteiger partial charge in [-0.25, -0.2) is 8.42 Å². The normalized spacial score (nSPS) is 14.3. The second-order valence-electron chi connectivity index (χ2n) is 12.0. The van der Waals surface area contributed by atoms with Gasteiger partial charge in [0.05, 0.1) is 10.6 Å². The summed E-state index contributed by atoms with van der Waals surface area (Å²) in [5, 5.41) is 4.16. The van der Waals surface area contributed by atoms with Gasteiger partial charge in [-0.3, -0.25) is 13.9 Å². The Morgan fingerprint density at radius 3 is 2.11 bits per heavy atom. The summed E-state index contributed by atoms with van der Waals surface area (Å²) in [6.07, 6.45) is 5.21. The Morgan fingerprint density at radius 1 is 0.809 bits per heavy atom. The monoisotopic (exact) mass is 691 g/mol. The van der Waals surface area contributed by atoms with Crippen LogP contribution in [0.25, 0.3) is 0 Å². The molecular formula is C37H39Cl2N3O4S. The van der Waals surface area contributed by atoms with Gasteiger partial charge in [0.1, 0.15) is 12.6 Å². The van der Waals surface area contributed by atoms with Gasteiger partial charge in [-0.05, 0) is 78.9 Å². The first-order valence-corrected chi connectivity index (χ1v) is 18.0. The second kappa shape index (κ2) is 15.8. The van der Waals surface area contributed by atoms with Crippen molar-refractivity contribution in [2.24, 2.45) is 0 Å². The molecule has 0 spiro atoms. The van der Waals surface area contributed by atoms with Gasteiger partial charge >= 0.3 is 0 Å². The summed E-state index contributed by atoms with van der Waals surface area (Å²) in [6.45, 7) is 1.26. The van der Waals surface area contributed by atoms with Gasteiger partial charge in [0, 0.05) is 29.1 Å². The van der Waals surface area contributed by atoms with Crippen LogP contribution in [-0.4, -0.2) is 43.8 Å². The average Bonchev–Trinajstić information content (AvgIpc) is 3.07. The Kier molecular flexibility index (Phi) is 11.6. The summed E-state index contributed by atoms with van der Waals surface area (Å²) >= 11 is 12.6. The Morgan fingerprint density at radius 2 is 1.45 bits per heavy atom.